The molecular weight excluding hydrogens is 329 g/mol. The van der Waals surface area contributed by atoms with Crippen molar-refractivity contribution in [1.29, 1.82) is 0 Å². The van der Waals surface area contributed by atoms with Gasteiger partial charge in [-0.25, -0.2) is 0 Å². The van der Waals surface area contributed by atoms with Gasteiger partial charge in [0.25, 0.3) is 0 Å². The molecule has 1 nitrogen and oxygen atoms in total. The summed E-state index contributed by atoms with van der Waals surface area (Å²) in [5.74, 6) is 2.52. The molecule has 0 spiro atoms. The molecule has 1 saturated heterocycles. The van der Waals surface area contributed by atoms with Gasteiger partial charge in [-0.2, -0.15) is 11.8 Å². The molecule has 88 valence electrons. The van der Waals surface area contributed by atoms with Gasteiger partial charge < -0.3 is 5.32 Å². The molecule has 0 aromatic heterocycles. The fourth-order valence-corrected chi connectivity index (χ4v) is 3.97. The highest BCUT2D eigenvalue weighted by atomic mass is 127. The van der Waals surface area contributed by atoms with E-state index in [1.807, 2.05) is 0 Å². The van der Waals surface area contributed by atoms with Gasteiger partial charge in [0, 0.05) is 21.1 Å². The number of anilines is 1. The zero-order chi connectivity index (χ0) is 11.6. The number of halogens is 1. The molecule has 3 heteroatoms. The van der Waals surface area contributed by atoms with E-state index in [1.165, 1.54) is 27.2 Å². The van der Waals surface area contributed by atoms with Gasteiger partial charge in [0.15, 0.2) is 0 Å². The van der Waals surface area contributed by atoms with E-state index >= 15 is 0 Å². The fraction of sp³-hybridized carbons (Fsp3) is 0.538. The van der Waals surface area contributed by atoms with E-state index in [9.17, 15) is 0 Å². The van der Waals surface area contributed by atoms with E-state index in [0.717, 1.165) is 0 Å². The third-order valence-corrected chi connectivity index (χ3v) is 5.41. The van der Waals surface area contributed by atoms with E-state index in [1.54, 1.807) is 0 Å². The third kappa shape index (κ3) is 3.29. The summed E-state index contributed by atoms with van der Waals surface area (Å²) in [6.07, 6.45) is 1.27. The predicted octanol–water partition coefficient (Wildman–Crippen LogP) is 4.23. The summed E-state index contributed by atoms with van der Waals surface area (Å²) < 4.78 is 1.31. The molecule has 1 aliphatic heterocycles. The second kappa shape index (κ2) is 5.17. The highest BCUT2D eigenvalue weighted by molar-refractivity contribution is 14.1. The van der Waals surface area contributed by atoms with Crippen LogP contribution in [0, 0.1) is 8.99 Å². The Bertz CT molecular complexity index is 365. The maximum absolute atomic E-state index is 3.68. The Hall–Kier alpha value is 0.100. The first-order valence-electron chi connectivity index (χ1n) is 5.66. The highest BCUT2D eigenvalue weighted by Crippen LogP contribution is 2.35. The van der Waals surface area contributed by atoms with Gasteiger partial charge in [0.1, 0.15) is 0 Å². The molecule has 1 aromatic rings. The summed E-state index contributed by atoms with van der Waals surface area (Å²) in [4.78, 5) is 0. The van der Waals surface area contributed by atoms with Crippen LogP contribution in [-0.4, -0.2) is 17.5 Å². The molecule has 0 aliphatic carbocycles. The van der Waals surface area contributed by atoms with Crippen LogP contribution < -0.4 is 5.32 Å². The normalized spacial score (nSPS) is 24.1. The van der Waals surface area contributed by atoms with Crippen LogP contribution in [0.25, 0.3) is 0 Å². The van der Waals surface area contributed by atoms with Gasteiger partial charge in [-0.3, -0.25) is 0 Å². The molecule has 0 bridgehead atoms. The molecule has 1 aliphatic rings. The summed E-state index contributed by atoms with van der Waals surface area (Å²) in [5, 5.41) is 3.68. The Labute approximate surface area is 116 Å². The molecule has 2 rings (SSSR count). The average Bonchev–Trinajstić information content (AvgIpc) is 2.20. The molecule has 0 radical (unpaired) electrons. The molecule has 0 amide bonds. The number of rotatable bonds is 2. The SMILES string of the molecule is CC1(C)CSCC(Nc2ccccc2I)C1. The fourth-order valence-electron chi connectivity index (χ4n) is 2.15. The van der Waals surface area contributed by atoms with Crippen LogP contribution in [0.1, 0.15) is 20.3 Å². The van der Waals surface area contributed by atoms with E-state index in [-0.39, 0.29) is 0 Å². The van der Waals surface area contributed by atoms with Crippen molar-refractivity contribution in [2.24, 2.45) is 5.41 Å². The van der Waals surface area contributed by atoms with Crippen molar-refractivity contribution >= 4 is 40.0 Å². The summed E-state index contributed by atoms with van der Waals surface area (Å²) in [7, 11) is 0. The summed E-state index contributed by atoms with van der Waals surface area (Å²) in [6.45, 7) is 4.73. The number of hydrogen-bond donors (Lipinski definition) is 1. The number of nitrogens with one attached hydrogen (secondary N) is 1. The van der Waals surface area contributed by atoms with E-state index < -0.39 is 0 Å². The van der Waals surface area contributed by atoms with Gasteiger partial charge in [0.05, 0.1) is 0 Å². The minimum atomic E-state index is 0.473. The lowest BCUT2D eigenvalue weighted by atomic mass is 9.88. The number of thioether (sulfide) groups is 1. The van der Waals surface area contributed by atoms with Crippen molar-refractivity contribution in [3.8, 4) is 0 Å². The highest BCUT2D eigenvalue weighted by Gasteiger charge is 2.28. The first kappa shape index (κ1) is 12.6. The lowest BCUT2D eigenvalue weighted by molar-refractivity contribution is 0.358. The molecule has 1 aromatic carbocycles. The van der Waals surface area contributed by atoms with Gasteiger partial charge in [0.2, 0.25) is 0 Å². The number of hydrogen-bond acceptors (Lipinski definition) is 2. The van der Waals surface area contributed by atoms with Crippen LogP contribution in [0.4, 0.5) is 5.69 Å². The van der Waals surface area contributed by atoms with Crippen LogP contribution in [0.2, 0.25) is 0 Å². The smallest absolute Gasteiger partial charge is 0.0478 e. The summed E-state index contributed by atoms with van der Waals surface area (Å²) in [5.41, 5.74) is 1.76. The molecule has 1 unspecified atom stereocenters. The second-order valence-electron chi connectivity index (χ2n) is 5.20. The molecule has 0 saturated carbocycles. The minimum absolute atomic E-state index is 0.473. The average molecular weight is 347 g/mol. The standard InChI is InChI=1S/C13H18INS/c1-13(2)7-10(8-16-9-13)15-12-6-4-3-5-11(12)14/h3-6,10,15H,7-9H2,1-2H3. The van der Waals surface area contributed by atoms with Crippen molar-refractivity contribution in [3.05, 3.63) is 27.8 Å². The second-order valence-corrected chi connectivity index (χ2v) is 7.40. The van der Waals surface area contributed by atoms with Gasteiger partial charge in [-0.15, -0.1) is 0 Å². The molecular formula is C13H18INS. The predicted molar refractivity (Wildman–Crippen MR) is 82.3 cm³/mol. The van der Waals surface area contributed by atoms with Crippen molar-refractivity contribution < 1.29 is 0 Å². The van der Waals surface area contributed by atoms with E-state index in [2.05, 4.69) is 77.8 Å². The lowest BCUT2D eigenvalue weighted by Crippen LogP contribution is -2.35. The van der Waals surface area contributed by atoms with Crippen LogP contribution in [0.3, 0.4) is 0 Å². The minimum Gasteiger partial charge on any atom is -0.381 e. The molecule has 1 N–H and O–H groups in total. The van der Waals surface area contributed by atoms with Crippen LogP contribution in [0.5, 0.6) is 0 Å². The molecule has 1 fully saturated rings. The Morgan fingerprint density at radius 3 is 2.81 bits per heavy atom. The van der Waals surface area contributed by atoms with E-state index in [4.69, 9.17) is 0 Å². The van der Waals surface area contributed by atoms with Crippen molar-refractivity contribution in [1.82, 2.24) is 0 Å². The third-order valence-electron chi connectivity index (χ3n) is 2.84. The van der Waals surface area contributed by atoms with Gasteiger partial charge >= 0.3 is 0 Å². The first-order valence-corrected chi connectivity index (χ1v) is 7.89. The molecule has 16 heavy (non-hydrogen) atoms. The Kier molecular flexibility index (Phi) is 4.06. The zero-order valence-corrected chi connectivity index (χ0v) is 12.8. The summed E-state index contributed by atoms with van der Waals surface area (Å²) in [6, 6.07) is 9.14. The van der Waals surface area contributed by atoms with Crippen molar-refractivity contribution in [3.63, 3.8) is 0 Å². The maximum atomic E-state index is 3.68. The van der Waals surface area contributed by atoms with Crippen molar-refractivity contribution in [2.75, 3.05) is 16.8 Å². The largest absolute Gasteiger partial charge is 0.381 e. The monoisotopic (exact) mass is 347 g/mol. The Balaban J connectivity index is 2.02. The van der Waals surface area contributed by atoms with Crippen LogP contribution in [-0.2, 0) is 0 Å². The lowest BCUT2D eigenvalue weighted by Gasteiger charge is -2.35. The van der Waals surface area contributed by atoms with E-state index in [0.29, 0.717) is 11.5 Å². The topological polar surface area (TPSA) is 12.0 Å². The van der Waals surface area contributed by atoms with Gasteiger partial charge in [-0.05, 0) is 52.3 Å². The zero-order valence-electron chi connectivity index (χ0n) is 9.79. The maximum Gasteiger partial charge on any atom is 0.0478 e. The number of benzene rings is 1. The molecule has 1 atom stereocenters. The number of para-hydroxylation sites is 1. The van der Waals surface area contributed by atoms with Crippen LogP contribution in [0.15, 0.2) is 24.3 Å². The molecule has 1 heterocycles. The van der Waals surface area contributed by atoms with Gasteiger partial charge in [-0.1, -0.05) is 26.0 Å². The quantitative estimate of drug-likeness (QED) is 0.804. The summed E-state index contributed by atoms with van der Waals surface area (Å²) >= 11 is 4.47. The Morgan fingerprint density at radius 1 is 1.38 bits per heavy atom. The van der Waals surface area contributed by atoms with Crippen LogP contribution >= 0.6 is 34.4 Å². The Morgan fingerprint density at radius 2 is 2.12 bits per heavy atom. The van der Waals surface area contributed by atoms with Crippen molar-refractivity contribution in [2.45, 2.75) is 26.3 Å². The first-order chi connectivity index (χ1) is 7.57.